The van der Waals surface area contributed by atoms with Crippen molar-refractivity contribution < 1.29 is 0 Å². The van der Waals surface area contributed by atoms with Crippen molar-refractivity contribution in [1.82, 2.24) is 0 Å². The quantitative estimate of drug-likeness (QED) is 0.618. The second-order valence-electron chi connectivity index (χ2n) is 3.16. The fourth-order valence-electron chi connectivity index (χ4n) is 1.28. The van der Waals surface area contributed by atoms with E-state index in [9.17, 15) is 0 Å². The maximum atomic E-state index is 4.20. The van der Waals surface area contributed by atoms with Crippen molar-refractivity contribution in [3.8, 4) is 0 Å². The van der Waals surface area contributed by atoms with Crippen LogP contribution in [0.4, 0.5) is 5.69 Å². The molecule has 1 aromatic carbocycles. The van der Waals surface area contributed by atoms with E-state index in [2.05, 4.69) is 36.2 Å². The molecule has 1 nitrogen and oxygen atoms in total. The van der Waals surface area contributed by atoms with Crippen LogP contribution in [0.15, 0.2) is 29.3 Å². The van der Waals surface area contributed by atoms with Crippen molar-refractivity contribution in [2.45, 2.75) is 33.1 Å². The van der Waals surface area contributed by atoms with Gasteiger partial charge in [0.2, 0.25) is 0 Å². The third kappa shape index (κ3) is 3.41. The van der Waals surface area contributed by atoms with Crippen molar-refractivity contribution in [3.05, 3.63) is 29.8 Å². The first-order valence-corrected chi connectivity index (χ1v) is 4.94. The molecule has 70 valence electrons. The molecule has 0 heterocycles. The van der Waals surface area contributed by atoms with E-state index in [1.165, 1.54) is 24.8 Å². The highest BCUT2D eigenvalue weighted by Gasteiger charge is 1.91. The Kier molecular flexibility index (Phi) is 4.24. The molecule has 1 heteroatoms. The third-order valence-electron chi connectivity index (χ3n) is 2.03. The van der Waals surface area contributed by atoms with E-state index in [-0.39, 0.29) is 0 Å². The first kappa shape index (κ1) is 9.97. The van der Waals surface area contributed by atoms with Crippen molar-refractivity contribution in [2.24, 2.45) is 4.99 Å². The van der Waals surface area contributed by atoms with Crippen LogP contribution in [0, 0.1) is 0 Å². The lowest BCUT2D eigenvalue weighted by atomic mass is 10.1. The first-order valence-electron chi connectivity index (χ1n) is 4.94. The molecule has 0 aromatic heterocycles. The van der Waals surface area contributed by atoms with E-state index in [4.69, 9.17) is 0 Å². The highest BCUT2D eigenvalue weighted by molar-refractivity contribution is 5.60. The van der Waals surface area contributed by atoms with Gasteiger partial charge in [-0.2, -0.15) is 0 Å². The van der Waals surface area contributed by atoms with Crippen molar-refractivity contribution in [3.63, 3.8) is 0 Å². The molecule has 0 atom stereocenters. The van der Waals surface area contributed by atoms with Crippen LogP contribution in [-0.2, 0) is 6.42 Å². The number of benzene rings is 1. The molecule has 0 saturated heterocycles. The summed E-state index contributed by atoms with van der Waals surface area (Å²) in [6.07, 6.45) is 5.54. The minimum absolute atomic E-state index is 1.04. The number of hydrogen-bond acceptors (Lipinski definition) is 1. The van der Waals surface area contributed by atoms with Crippen LogP contribution in [0.25, 0.3) is 0 Å². The number of unbranched alkanes of at least 4 members (excludes halogenated alkanes) is 1. The lowest BCUT2D eigenvalue weighted by molar-refractivity contribution is 0.795. The predicted molar refractivity (Wildman–Crippen MR) is 58.9 cm³/mol. The molecular formula is C12H17N. The summed E-state index contributed by atoms with van der Waals surface area (Å²) in [5.74, 6) is 0. The van der Waals surface area contributed by atoms with Gasteiger partial charge in [0.25, 0.3) is 0 Å². The molecule has 0 N–H and O–H groups in total. The van der Waals surface area contributed by atoms with E-state index in [0.717, 1.165) is 5.69 Å². The SMILES string of the molecule is CC=Nc1ccc(CCCC)cc1. The molecule has 0 spiro atoms. The summed E-state index contributed by atoms with van der Waals surface area (Å²) in [4.78, 5) is 4.20. The highest BCUT2D eigenvalue weighted by Crippen LogP contribution is 2.13. The summed E-state index contributed by atoms with van der Waals surface area (Å²) < 4.78 is 0. The van der Waals surface area contributed by atoms with Gasteiger partial charge in [0.05, 0.1) is 5.69 Å². The van der Waals surface area contributed by atoms with E-state index >= 15 is 0 Å². The Hall–Kier alpha value is -1.11. The smallest absolute Gasteiger partial charge is 0.0625 e. The highest BCUT2D eigenvalue weighted by atomic mass is 14.7. The van der Waals surface area contributed by atoms with Gasteiger partial charge in [0.1, 0.15) is 0 Å². The number of aliphatic imine (C=N–C) groups is 1. The van der Waals surface area contributed by atoms with Crippen LogP contribution in [0.5, 0.6) is 0 Å². The van der Waals surface area contributed by atoms with Gasteiger partial charge in [0.15, 0.2) is 0 Å². The fraction of sp³-hybridized carbons (Fsp3) is 0.417. The zero-order chi connectivity index (χ0) is 9.52. The second kappa shape index (κ2) is 5.52. The van der Waals surface area contributed by atoms with E-state index in [1.54, 1.807) is 0 Å². The first-order chi connectivity index (χ1) is 6.36. The Morgan fingerprint density at radius 3 is 2.46 bits per heavy atom. The zero-order valence-electron chi connectivity index (χ0n) is 8.46. The third-order valence-corrected chi connectivity index (χ3v) is 2.03. The van der Waals surface area contributed by atoms with Gasteiger partial charge in [-0.3, -0.25) is 4.99 Å². The molecule has 0 radical (unpaired) electrons. The standard InChI is InChI=1S/C12H17N/c1-3-5-6-11-7-9-12(10-8-11)13-4-2/h4,7-10H,3,5-6H2,1-2H3. The van der Waals surface area contributed by atoms with Gasteiger partial charge >= 0.3 is 0 Å². The molecule has 0 saturated carbocycles. The molecule has 0 aliphatic heterocycles. The molecule has 1 aromatic rings. The molecule has 0 amide bonds. The largest absolute Gasteiger partial charge is 0.262 e. The molecule has 0 bridgehead atoms. The minimum Gasteiger partial charge on any atom is -0.262 e. The number of hydrogen-bond donors (Lipinski definition) is 0. The Balaban J connectivity index is 2.58. The predicted octanol–water partition coefficient (Wildman–Crippen LogP) is 3.75. The summed E-state index contributed by atoms with van der Waals surface area (Å²) >= 11 is 0. The second-order valence-corrected chi connectivity index (χ2v) is 3.16. The van der Waals surface area contributed by atoms with Gasteiger partial charge in [-0.05, 0) is 37.5 Å². The normalized spacial score (nSPS) is 10.9. The molecular weight excluding hydrogens is 158 g/mol. The van der Waals surface area contributed by atoms with Crippen LogP contribution in [0.3, 0.4) is 0 Å². The lowest BCUT2D eigenvalue weighted by Crippen LogP contribution is -1.82. The molecule has 13 heavy (non-hydrogen) atoms. The topological polar surface area (TPSA) is 12.4 Å². The maximum Gasteiger partial charge on any atom is 0.0625 e. The van der Waals surface area contributed by atoms with Crippen LogP contribution in [-0.4, -0.2) is 6.21 Å². The number of nitrogens with zero attached hydrogens (tertiary/aromatic N) is 1. The maximum absolute atomic E-state index is 4.20. The Morgan fingerprint density at radius 1 is 1.23 bits per heavy atom. The summed E-state index contributed by atoms with van der Waals surface area (Å²) in [6, 6.07) is 8.48. The molecule has 0 aliphatic rings. The van der Waals surface area contributed by atoms with Crippen molar-refractivity contribution >= 4 is 11.9 Å². The summed E-state index contributed by atoms with van der Waals surface area (Å²) in [7, 11) is 0. The number of aryl methyl sites for hydroxylation is 1. The average molecular weight is 175 g/mol. The number of rotatable bonds is 4. The Labute approximate surface area is 80.5 Å². The van der Waals surface area contributed by atoms with Gasteiger partial charge in [-0.25, -0.2) is 0 Å². The summed E-state index contributed by atoms with van der Waals surface area (Å²) in [5, 5.41) is 0. The summed E-state index contributed by atoms with van der Waals surface area (Å²) in [5.41, 5.74) is 2.46. The van der Waals surface area contributed by atoms with Gasteiger partial charge in [-0.15, -0.1) is 0 Å². The van der Waals surface area contributed by atoms with E-state index in [0.29, 0.717) is 0 Å². The van der Waals surface area contributed by atoms with E-state index < -0.39 is 0 Å². The zero-order valence-corrected chi connectivity index (χ0v) is 8.46. The summed E-state index contributed by atoms with van der Waals surface area (Å²) in [6.45, 7) is 4.15. The molecule has 0 unspecified atom stereocenters. The fourth-order valence-corrected chi connectivity index (χ4v) is 1.28. The van der Waals surface area contributed by atoms with Gasteiger partial charge in [-0.1, -0.05) is 25.5 Å². The van der Waals surface area contributed by atoms with Gasteiger partial charge in [0, 0.05) is 6.21 Å². The molecule has 0 aliphatic carbocycles. The lowest BCUT2D eigenvalue weighted by Gasteiger charge is -1.99. The van der Waals surface area contributed by atoms with Gasteiger partial charge < -0.3 is 0 Å². The minimum atomic E-state index is 1.04. The van der Waals surface area contributed by atoms with Crippen LogP contribution >= 0.6 is 0 Å². The Bertz CT molecular complexity index is 259. The van der Waals surface area contributed by atoms with Crippen LogP contribution in [0.2, 0.25) is 0 Å². The monoisotopic (exact) mass is 175 g/mol. The van der Waals surface area contributed by atoms with Crippen molar-refractivity contribution in [2.75, 3.05) is 0 Å². The van der Waals surface area contributed by atoms with Crippen LogP contribution in [0.1, 0.15) is 32.3 Å². The average Bonchev–Trinajstić information content (AvgIpc) is 2.17. The Morgan fingerprint density at radius 2 is 1.92 bits per heavy atom. The van der Waals surface area contributed by atoms with Crippen molar-refractivity contribution in [1.29, 1.82) is 0 Å². The van der Waals surface area contributed by atoms with Crippen LogP contribution < -0.4 is 0 Å². The molecule has 0 fully saturated rings. The molecule has 1 rings (SSSR count). The van der Waals surface area contributed by atoms with E-state index in [1.807, 2.05) is 13.1 Å².